The third-order valence-electron chi connectivity index (χ3n) is 2.71. The van der Waals surface area contributed by atoms with Crippen molar-refractivity contribution >= 4 is 28.9 Å². The summed E-state index contributed by atoms with van der Waals surface area (Å²) in [5, 5.41) is 3.48. The molecule has 0 fully saturated rings. The van der Waals surface area contributed by atoms with Gasteiger partial charge in [0.2, 0.25) is 0 Å². The van der Waals surface area contributed by atoms with Gasteiger partial charge in [0.1, 0.15) is 0 Å². The maximum Gasteiger partial charge on any atom is 0.340 e. The molecule has 1 aromatic carbocycles. The number of halogens is 1. The number of nitrogens with two attached hydrogens (primary N) is 1. The Bertz CT molecular complexity index is 452. The summed E-state index contributed by atoms with van der Waals surface area (Å²) in [5.74, 6) is -0.478. The number of hydrogen-bond acceptors (Lipinski definition) is 5. The molecule has 0 unspecified atom stereocenters. The fraction of sp³-hybridized carbons (Fsp3) is 0.500. The SMILES string of the molecule is CCCCOCCNc1c(Cl)cc(N)cc1C(=O)OC. The minimum absolute atomic E-state index is 0.325. The highest BCUT2D eigenvalue weighted by Gasteiger charge is 2.15. The lowest BCUT2D eigenvalue weighted by Gasteiger charge is -2.13. The van der Waals surface area contributed by atoms with Crippen LogP contribution >= 0.6 is 11.6 Å². The number of carbonyl (C=O) groups is 1. The molecule has 0 saturated carbocycles. The van der Waals surface area contributed by atoms with E-state index in [0.29, 0.717) is 35.1 Å². The average molecular weight is 301 g/mol. The van der Waals surface area contributed by atoms with E-state index in [1.807, 2.05) is 0 Å². The third-order valence-corrected chi connectivity index (χ3v) is 3.01. The standard InChI is InChI=1S/C14H21ClN2O3/c1-3-4-6-20-7-5-17-13-11(14(18)19-2)8-10(16)9-12(13)15/h8-9,17H,3-7,16H2,1-2H3. The van der Waals surface area contributed by atoms with E-state index in [-0.39, 0.29) is 0 Å². The molecule has 0 aliphatic rings. The molecule has 1 rings (SSSR count). The second-order valence-electron chi connectivity index (χ2n) is 4.31. The zero-order valence-corrected chi connectivity index (χ0v) is 12.6. The van der Waals surface area contributed by atoms with E-state index < -0.39 is 5.97 Å². The van der Waals surface area contributed by atoms with Crippen molar-refractivity contribution in [2.45, 2.75) is 19.8 Å². The summed E-state index contributed by atoms with van der Waals surface area (Å²) < 4.78 is 10.2. The van der Waals surface area contributed by atoms with Crippen LogP contribution in [0, 0.1) is 0 Å². The van der Waals surface area contributed by atoms with E-state index in [9.17, 15) is 4.79 Å². The zero-order valence-electron chi connectivity index (χ0n) is 11.9. The molecule has 0 heterocycles. The number of hydrogen-bond donors (Lipinski definition) is 2. The Kier molecular flexibility index (Phi) is 7.18. The van der Waals surface area contributed by atoms with E-state index in [1.165, 1.54) is 13.2 Å². The molecule has 6 heteroatoms. The van der Waals surface area contributed by atoms with Gasteiger partial charge in [0.25, 0.3) is 0 Å². The largest absolute Gasteiger partial charge is 0.465 e. The van der Waals surface area contributed by atoms with Gasteiger partial charge in [-0.15, -0.1) is 0 Å². The lowest BCUT2D eigenvalue weighted by molar-refractivity contribution is 0.0601. The zero-order chi connectivity index (χ0) is 15.0. The molecule has 20 heavy (non-hydrogen) atoms. The number of anilines is 2. The van der Waals surface area contributed by atoms with Crippen LogP contribution in [0.4, 0.5) is 11.4 Å². The van der Waals surface area contributed by atoms with E-state index in [0.717, 1.165) is 19.4 Å². The first-order valence-electron chi connectivity index (χ1n) is 6.59. The van der Waals surface area contributed by atoms with Crippen molar-refractivity contribution in [3.8, 4) is 0 Å². The van der Waals surface area contributed by atoms with E-state index in [2.05, 4.69) is 12.2 Å². The fourth-order valence-electron chi connectivity index (χ4n) is 1.67. The number of unbranched alkanes of at least 4 members (excludes halogenated alkanes) is 1. The molecule has 0 aromatic heterocycles. The normalized spacial score (nSPS) is 10.3. The van der Waals surface area contributed by atoms with Crippen LogP contribution in [0.3, 0.4) is 0 Å². The number of esters is 1. The Balaban J connectivity index is 2.66. The minimum atomic E-state index is -0.478. The molecule has 112 valence electrons. The molecule has 0 bridgehead atoms. The first kappa shape index (κ1) is 16.6. The lowest BCUT2D eigenvalue weighted by Crippen LogP contribution is -2.14. The van der Waals surface area contributed by atoms with Gasteiger partial charge >= 0.3 is 5.97 Å². The van der Waals surface area contributed by atoms with Crippen molar-refractivity contribution in [1.82, 2.24) is 0 Å². The average Bonchev–Trinajstić information content (AvgIpc) is 2.43. The predicted molar refractivity (Wildman–Crippen MR) is 81.4 cm³/mol. The molecule has 1 aromatic rings. The Morgan fingerprint density at radius 3 is 2.80 bits per heavy atom. The van der Waals surface area contributed by atoms with Gasteiger partial charge < -0.3 is 20.5 Å². The lowest BCUT2D eigenvalue weighted by atomic mass is 10.1. The Morgan fingerprint density at radius 2 is 2.15 bits per heavy atom. The smallest absolute Gasteiger partial charge is 0.340 e. The summed E-state index contributed by atoms with van der Waals surface area (Å²) in [5.41, 5.74) is 6.95. The monoisotopic (exact) mass is 300 g/mol. The molecule has 3 N–H and O–H groups in total. The maximum absolute atomic E-state index is 11.7. The summed E-state index contributed by atoms with van der Waals surface area (Å²) in [7, 11) is 1.32. The van der Waals surface area contributed by atoms with Crippen molar-refractivity contribution < 1.29 is 14.3 Å². The third kappa shape index (κ3) is 4.90. The van der Waals surface area contributed by atoms with Crippen LogP contribution in [-0.2, 0) is 9.47 Å². The molecule has 5 nitrogen and oxygen atoms in total. The van der Waals surface area contributed by atoms with Gasteiger partial charge in [0.15, 0.2) is 0 Å². The molecule has 0 aliphatic heterocycles. The van der Waals surface area contributed by atoms with Crippen LogP contribution in [0.15, 0.2) is 12.1 Å². The molecule has 0 aliphatic carbocycles. The number of carbonyl (C=O) groups excluding carboxylic acids is 1. The molecule has 0 amide bonds. The van der Waals surface area contributed by atoms with Crippen molar-refractivity contribution in [3.63, 3.8) is 0 Å². The van der Waals surface area contributed by atoms with Gasteiger partial charge in [-0.05, 0) is 18.6 Å². The first-order valence-corrected chi connectivity index (χ1v) is 6.96. The Labute approximate surface area is 124 Å². The number of benzene rings is 1. The molecular formula is C14H21ClN2O3. The summed E-state index contributed by atoms with van der Waals surface area (Å²) in [4.78, 5) is 11.7. The van der Waals surface area contributed by atoms with Crippen LogP contribution in [0.25, 0.3) is 0 Å². The second-order valence-corrected chi connectivity index (χ2v) is 4.72. The van der Waals surface area contributed by atoms with Gasteiger partial charge in [0, 0.05) is 18.8 Å². The number of nitrogens with one attached hydrogen (secondary N) is 1. The molecular weight excluding hydrogens is 280 g/mol. The first-order chi connectivity index (χ1) is 9.60. The van der Waals surface area contributed by atoms with Crippen LogP contribution in [0.1, 0.15) is 30.1 Å². The minimum Gasteiger partial charge on any atom is -0.465 e. The van der Waals surface area contributed by atoms with Gasteiger partial charge in [-0.2, -0.15) is 0 Å². The van der Waals surface area contributed by atoms with E-state index >= 15 is 0 Å². The topological polar surface area (TPSA) is 73.6 Å². The Morgan fingerprint density at radius 1 is 1.40 bits per heavy atom. The molecule has 0 radical (unpaired) electrons. The van der Waals surface area contributed by atoms with Crippen molar-refractivity contribution in [2.24, 2.45) is 0 Å². The van der Waals surface area contributed by atoms with Crippen molar-refractivity contribution in [1.29, 1.82) is 0 Å². The van der Waals surface area contributed by atoms with Crippen LogP contribution < -0.4 is 11.1 Å². The highest BCUT2D eigenvalue weighted by Crippen LogP contribution is 2.29. The highest BCUT2D eigenvalue weighted by atomic mass is 35.5. The number of ether oxygens (including phenoxy) is 2. The van der Waals surface area contributed by atoms with Crippen molar-refractivity contribution in [2.75, 3.05) is 37.9 Å². The van der Waals surface area contributed by atoms with Crippen LogP contribution in [-0.4, -0.2) is 32.8 Å². The van der Waals surface area contributed by atoms with Crippen molar-refractivity contribution in [3.05, 3.63) is 22.7 Å². The van der Waals surface area contributed by atoms with Crippen LogP contribution in [0.5, 0.6) is 0 Å². The predicted octanol–water partition coefficient (Wildman–Crippen LogP) is 2.94. The van der Waals surface area contributed by atoms with Crippen LogP contribution in [0.2, 0.25) is 5.02 Å². The summed E-state index contributed by atoms with van der Waals surface area (Å²) >= 11 is 6.11. The van der Waals surface area contributed by atoms with E-state index in [1.54, 1.807) is 6.07 Å². The Hall–Kier alpha value is -1.46. The van der Waals surface area contributed by atoms with Gasteiger partial charge in [-0.3, -0.25) is 0 Å². The number of nitrogen functional groups attached to an aromatic ring is 1. The summed E-state index contributed by atoms with van der Waals surface area (Å²) in [6.45, 7) is 3.94. The summed E-state index contributed by atoms with van der Waals surface area (Å²) in [6, 6.07) is 3.13. The molecule has 0 atom stereocenters. The molecule has 0 spiro atoms. The second kappa shape index (κ2) is 8.66. The highest BCUT2D eigenvalue weighted by molar-refractivity contribution is 6.34. The quantitative estimate of drug-likeness (QED) is 0.439. The number of rotatable bonds is 8. The van der Waals surface area contributed by atoms with Gasteiger partial charge in [0.05, 0.1) is 30.0 Å². The van der Waals surface area contributed by atoms with Gasteiger partial charge in [-0.25, -0.2) is 4.79 Å². The van der Waals surface area contributed by atoms with E-state index in [4.69, 9.17) is 26.8 Å². The molecule has 0 saturated heterocycles. The number of methoxy groups -OCH3 is 1. The summed E-state index contributed by atoms with van der Waals surface area (Å²) in [6.07, 6.45) is 2.14. The maximum atomic E-state index is 11.7. The fourth-order valence-corrected chi connectivity index (χ4v) is 1.97. The van der Waals surface area contributed by atoms with Gasteiger partial charge in [-0.1, -0.05) is 24.9 Å².